The van der Waals surface area contributed by atoms with Gasteiger partial charge < -0.3 is 0 Å². The first kappa shape index (κ1) is 16.7. The van der Waals surface area contributed by atoms with Gasteiger partial charge in [0.15, 0.2) is 8.29 Å². The first-order chi connectivity index (χ1) is 10.1. The topological polar surface area (TPSA) is 28.7 Å². The lowest BCUT2D eigenvalue weighted by Gasteiger charge is -2.18. The Morgan fingerprint density at radius 1 is 1.29 bits per heavy atom. The molecular weight excluding hydrogens is 316 g/mol. The Morgan fingerprint density at radius 3 is 2.52 bits per heavy atom. The summed E-state index contributed by atoms with van der Waals surface area (Å²) >= 11 is 8.32. The highest BCUT2D eigenvalue weighted by atomic mass is 32.2. The molecular formula is C16H22N2S3. The molecule has 1 N–H and O–H groups in total. The minimum atomic E-state index is 0.683. The van der Waals surface area contributed by atoms with Gasteiger partial charge in [-0.1, -0.05) is 68.1 Å². The lowest BCUT2D eigenvalue weighted by molar-refractivity contribution is 0.489. The van der Waals surface area contributed by atoms with Gasteiger partial charge in [-0.15, -0.1) is 0 Å². The van der Waals surface area contributed by atoms with E-state index in [1.165, 1.54) is 35.3 Å². The molecule has 1 atom stereocenters. The average molecular weight is 339 g/mol. The number of nitrogens with zero attached hydrogens (tertiary/aromatic N) is 1. The number of aromatic amines is 1. The number of hydrogen-bond acceptors (Lipinski definition) is 4. The van der Waals surface area contributed by atoms with Crippen LogP contribution in [0.25, 0.3) is 0 Å². The number of rotatable bonds is 7. The molecule has 0 fully saturated rings. The summed E-state index contributed by atoms with van der Waals surface area (Å²) in [4.78, 5) is 0. The van der Waals surface area contributed by atoms with Crippen LogP contribution in [-0.4, -0.2) is 10.2 Å². The molecule has 0 aliphatic rings. The first-order valence-corrected chi connectivity index (χ1v) is 9.56. The summed E-state index contributed by atoms with van der Waals surface area (Å²) in [6.45, 7) is 6.88. The molecule has 21 heavy (non-hydrogen) atoms. The number of aromatic nitrogens is 2. The Morgan fingerprint density at radius 2 is 2.00 bits per heavy atom. The molecule has 1 heterocycles. The van der Waals surface area contributed by atoms with Crippen LogP contribution in [0.2, 0.25) is 0 Å². The first-order valence-electron chi connectivity index (χ1n) is 7.35. The Labute approximate surface area is 140 Å². The summed E-state index contributed by atoms with van der Waals surface area (Å²) in [7, 11) is 0. The molecule has 0 radical (unpaired) electrons. The van der Waals surface area contributed by atoms with E-state index in [-0.39, 0.29) is 0 Å². The molecule has 0 amide bonds. The van der Waals surface area contributed by atoms with E-state index in [1.807, 2.05) is 0 Å². The molecule has 2 rings (SSSR count). The van der Waals surface area contributed by atoms with Gasteiger partial charge in [0.05, 0.1) is 0 Å². The molecule has 0 aliphatic carbocycles. The van der Waals surface area contributed by atoms with E-state index >= 15 is 0 Å². The maximum absolute atomic E-state index is 5.04. The van der Waals surface area contributed by atoms with E-state index in [0.29, 0.717) is 5.92 Å². The van der Waals surface area contributed by atoms with Crippen molar-refractivity contribution in [3.8, 4) is 0 Å². The van der Waals surface area contributed by atoms with Crippen LogP contribution in [-0.2, 0) is 5.75 Å². The third-order valence-electron chi connectivity index (χ3n) is 3.48. The molecule has 2 nitrogen and oxygen atoms in total. The van der Waals surface area contributed by atoms with Crippen LogP contribution in [0.3, 0.4) is 0 Å². The highest BCUT2D eigenvalue weighted by Crippen LogP contribution is 2.29. The Bertz CT molecular complexity index is 598. The summed E-state index contributed by atoms with van der Waals surface area (Å²) in [5.74, 6) is 2.37. The SMILES string of the molecule is CCC(CC(C)C)c1ccc(CSc2n[nH]c(=S)s2)cc1. The van der Waals surface area contributed by atoms with Gasteiger partial charge in [-0.2, -0.15) is 5.10 Å². The van der Waals surface area contributed by atoms with Gasteiger partial charge in [-0.05, 0) is 48.0 Å². The molecule has 0 bridgehead atoms. The third-order valence-corrected chi connectivity index (χ3v) is 5.78. The lowest BCUT2D eigenvalue weighted by Crippen LogP contribution is -2.02. The van der Waals surface area contributed by atoms with Crippen molar-refractivity contribution in [1.82, 2.24) is 10.2 Å². The molecule has 1 unspecified atom stereocenters. The fourth-order valence-electron chi connectivity index (χ4n) is 2.42. The van der Waals surface area contributed by atoms with Gasteiger partial charge in [-0.25, -0.2) is 0 Å². The summed E-state index contributed by atoms with van der Waals surface area (Å²) in [5.41, 5.74) is 2.81. The predicted octanol–water partition coefficient (Wildman–Crippen LogP) is 6.03. The van der Waals surface area contributed by atoms with E-state index in [1.54, 1.807) is 11.8 Å². The molecule has 5 heteroatoms. The molecule has 1 aromatic heterocycles. The molecule has 1 aromatic carbocycles. The molecule has 0 saturated carbocycles. The largest absolute Gasteiger partial charge is 0.257 e. The quantitative estimate of drug-likeness (QED) is 0.493. The molecule has 2 aromatic rings. The summed E-state index contributed by atoms with van der Waals surface area (Å²) in [6.07, 6.45) is 2.48. The van der Waals surface area contributed by atoms with Crippen LogP contribution in [0.4, 0.5) is 0 Å². The second-order valence-electron chi connectivity index (χ2n) is 5.64. The molecule has 0 spiro atoms. The van der Waals surface area contributed by atoms with Crippen LogP contribution in [0.1, 0.15) is 50.7 Å². The fourth-order valence-corrected chi connectivity index (χ4v) is 4.45. The lowest BCUT2D eigenvalue weighted by atomic mass is 9.88. The van der Waals surface area contributed by atoms with E-state index in [2.05, 4.69) is 55.2 Å². The average Bonchev–Trinajstić information content (AvgIpc) is 2.89. The monoisotopic (exact) mass is 338 g/mol. The normalized spacial score (nSPS) is 12.8. The number of H-pyrrole nitrogens is 1. The summed E-state index contributed by atoms with van der Waals surface area (Å²) in [5, 5.41) is 6.99. The number of nitrogens with one attached hydrogen (secondary N) is 1. The van der Waals surface area contributed by atoms with Gasteiger partial charge in [0.2, 0.25) is 0 Å². The van der Waals surface area contributed by atoms with Crippen LogP contribution in [0.15, 0.2) is 28.6 Å². The zero-order valence-electron chi connectivity index (χ0n) is 12.8. The summed E-state index contributed by atoms with van der Waals surface area (Å²) < 4.78 is 1.75. The van der Waals surface area contributed by atoms with Crippen molar-refractivity contribution < 1.29 is 0 Å². The summed E-state index contributed by atoms with van der Waals surface area (Å²) in [6, 6.07) is 9.08. The Kier molecular flexibility index (Phi) is 6.45. The molecule has 114 valence electrons. The maximum Gasteiger partial charge on any atom is 0.177 e. The van der Waals surface area contributed by atoms with Gasteiger partial charge in [-0.3, -0.25) is 5.10 Å². The molecule has 0 saturated heterocycles. The van der Waals surface area contributed by atoms with Gasteiger partial charge in [0.25, 0.3) is 0 Å². The van der Waals surface area contributed by atoms with E-state index in [4.69, 9.17) is 12.2 Å². The van der Waals surface area contributed by atoms with Crippen LogP contribution < -0.4 is 0 Å². The number of hydrogen-bond donors (Lipinski definition) is 1. The van der Waals surface area contributed by atoms with Crippen molar-refractivity contribution >= 4 is 35.3 Å². The second kappa shape index (κ2) is 8.11. The third kappa shape index (κ3) is 5.24. The van der Waals surface area contributed by atoms with Crippen LogP contribution >= 0.6 is 35.3 Å². The number of thioether (sulfide) groups is 1. The Hall–Kier alpha value is -0.650. The van der Waals surface area contributed by atoms with Crippen molar-refractivity contribution in [2.45, 2.75) is 49.6 Å². The van der Waals surface area contributed by atoms with Crippen molar-refractivity contribution in [1.29, 1.82) is 0 Å². The highest BCUT2D eigenvalue weighted by molar-refractivity contribution is 8.00. The highest BCUT2D eigenvalue weighted by Gasteiger charge is 2.11. The fraction of sp³-hybridized carbons (Fsp3) is 0.500. The smallest absolute Gasteiger partial charge is 0.177 e. The van der Waals surface area contributed by atoms with Crippen molar-refractivity contribution in [3.63, 3.8) is 0 Å². The Balaban J connectivity index is 1.96. The van der Waals surface area contributed by atoms with Gasteiger partial charge in [0.1, 0.15) is 0 Å². The van der Waals surface area contributed by atoms with E-state index < -0.39 is 0 Å². The zero-order valence-corrected chi connectivity index (χ0v) is 15.2. The van der Waals surface area contributed by atoms with Gasteiger partial charge in [0, 0.05) is 5.75 Å². The van der Waals surface area contributed by atoms with Gasteiger partial charge >= 0.3 is 0 Å². The predicted molar refractivity (Wildman–Crippen MR) is 95.8 cm³/mol. The van der Waals surface area contributed by atoms with Crippen LogP contribution in [0.5, 0.6) is 0 Å². The molecule has 0 aliphatic heterocycles. The van der Waals surface area contributed by atoms with E-state index in [9.17, 15) is 0 Å². The zero-order chi connectivity index (χ0) is 15.2. The van der Waals surface area contributed by atoms with Crippen molar-refractivity contribution in [3.05, 3.63) is 39.3 Å². The van der Waals surface area contributed by atoms with Crippen molar-refractivity contribution in [2.24, 2.45) is 5.92 Å². The standard InChI is InChI=1S/C16H22N2S3/c1-4-13(9-11(2)3)14-7-5-12(6-8-14)10-20-16-18-17-15(19)21-16/h5-8,11,13H,4,9-10H2,1-3H3,(H,17,19). The number of benzene rings is 1. The second-order valence-corrected chi connectivity index (χ2v) is 8.53. The van der Waals surface area contributed by atoms with E-state index in [0.717, 1.165) is 20.0 Å². The van der Waals surface area contributed by atoms with Crippen molar-refractivity contribution in [2.75, 3.05) is 0 Å². The minimum absolute atomic E-state index is 0.683. The minimum Gasteiger partial charge on any atom is -0.257 e. The van der Waals surface area contributed by atoms with Crippen LogP contribution in [0, 0.1) is 9.87 Å². The maximum atomic E-state index is 5.04.